The first-order valence-electron chi connectivity index (χ1n) is 7.81. The lowest BCUT2D eigenvalue weighted by Gasteiger charge is -2.17. The highest BCUT2D eigenvalue weighted by molar-refractivity contribution is 7.92. The standard InChI is InChI=1S/C18H22N2O4S/c1-12(2)19-16-10-7-14(18(21)24-4)11-17(16)25(22,23)20-15-8-5-13(3)6-9-15/h5-12,19-20H,1-4H3. The van der Waals surface area contributed by atoms with E-state index in [-0.39, 0.29) is 16.5 Å². The van der Waals surface area contributed by atoms with Crippen molar-refractivity contribution in [3.05, 3.63) is 53.6 Å². The van der Waals surface area contributed by atoms with Crippen molar-refractivity contribution in [2.45, 2.75) is 31.7 Å². The van der Waals surface area contributed by atoms with E-state index in [2.05, 4.69) is 14.8 Å². The molecule has 2 aromatic rings. The molecule has 0 saturated heterocycles. The highest BCUT2D eigenvalue weighted by atomic mass is 32.2. The van der Waals surface area contributed by atoms with Crippen LogP contribution in [0.25, 0.3) is 0 Å². The van der Waals surface area contributed by atoms with Crippen molar-refractivity contribution in [3.63, 3.8) is 0 Å². The number of carbonyl (C=O) groups excluding carboxylic acids is 1. The van der Waals surface area contributed by atoms with Gasteiger partial charge in [-0.1, -0.05) is 17.7 Å². The molecule has 0 unspecified atom stereocenters. The molecular formula is C18H22N2O4S. The average Bonchev–Trinajstić information content (AvgIpc) is 2.55. The number of aryl methyl sites for hydroxylation is 1. The van der Waals surface area contributed by atoms with E-state index in [1.54, 1.807) is 18.2 Å². The van der Waals surface area contributed by atoms with Gasteiger partial charge in [-0.05, 0) is 51.1 Å². The lowest BCUT2D eigenvalue weighted by molar-refractivity contribution is 0.0600. The first-order chi connectivity index (χ1) is 11.7. The molecule has 2 N–H and O–H groups in total. The second-order valence-corrected chi connectivity index (χ2v) is 7.62. The molecule has 2 aromatic carbocycles. The van der Waals surface area contributed by atoms with E-state index >= 15 is 0 Å². The maximum atomic E-state index is 12.8. The van der Waals surface area contributed by atoms with Crippen molar-refractivity contribution in [2.75, 3.05) is 17.1 Å². The number of hydrogen-bond acceptors (Lipinski definition) is 5. The summed E-state index contributed by atoms with van der Waals surface area (Å²) >= 11 is 0. The minimum Gasteiger partial charge on any atom is -0.465 e. The van der Waals surface area contributed by atoms with Gasteiger partial charge >= 0.3 is 5.97 Å². The van der Waals surface area contributed by atoms with E-state index in [9.17, 15) is 13.2 Å². The van der Waals surface area contributed by atoms with Crippen LogP contribution >= 0.6 is 0 Å². The average molecular weight is 362 g/mol. The highest BCUT2D eigenvalue weighted by Gasteiger charge is 2.22. The Hall–Kier alpha value is -2.54. The predicted molar refractivity (Wildman–Crippen MR) is 98.5 cm³/mol. The van der Waals surface area contributed by atoms with Crippen LogP contribution in [0.5, 0.6) is 0 Å². The van der Waals surface area contributed by atoms with Gasteiger partial charge in [-0.2, -0.15) is 0 Å². The smallest absolute Gasteiger partial charge is 0.337 e. The first kappa shape index (κ1) is 18.8. The molecule has 0 aliphatic rings. The Bertz CT molecular complexity index is 859. The Morgan fingerprint density at radius 2 is 1.72 bits per heavy atom. The van der Waals surface area contributed by atoms with Crippen molar-refractivity contribution in [1.29, 1.82) is 0 Å². The number of rotatable bonds is 6. The molecule has 2 rings (SSSR count). The molecule has 0 aromatic heterocycles. The van der Waals surface area contributed by atoms with Crippen LogP contribution in [0, 0.1) is 6.92 Å². The van der Waals surface area contributed by atoms with E-state index < -0.39 is 16.0 Å². The Kier molecular flexibility index (Phi) is 5.69. The zero-order valence-corrected chi connectivity index (χ0v) is 15.5. The highest BCUT2D eigenvalue weighted by Crippen LogP contribution is 2.26. The fourth-order valence-corrected chi connectivity index (χ4v) is 3.51. The quantitative estimate of drug-likeness (QED) is 0.770. The van der Waals surface area contributed by atoms with Gasteiger partial charge in [0.05, 0.1) is 18.4 Å². The molecule has 25 heavy (non-hydrogen) atoms. The van der Waals surface area contributed by atoms with Gasteiger partial charge in [0.25, 0.3) is 10.0 Å². The molecular weight excluding hydrogens is 340 g/mol. The summed E-state index contributed by atoms with van der Waals surface area (Å²) in [4.78, 5) is 11.8. The summed E-state index contributed by atoms with van der Waals surface area (Å²) in [5.41, 5.74) is 2.06. The maximum absolute atomic E-state index is 12.8. The van der Waals surface area contributed by atoms with Gasteiger partial charge in [0.1, 0.15) is 4.90 Å². The minimum absolute atomic E-state index is 0.00956. The topological polar surface area (TPSA) is 84.5 Å². The summed E-state index contributed by atoms with van der Waals surface area (Å²) in [5.74, 6) is -0.595. The number of benzene rings is 2. The largest absolute Gasteiger partial charge is 0.465 e. The van der Waals surface area contributed by atoms with E-state index in [1.807, 2.05) is 32.9 Å². The molecule has 0 bridgehead atoms. The van der Waals surface area contributed by atoms with Crippen LogP contribution < -0.4 is 10.0 Å². The third-order valence-corrected chi connectivity index (χ3v) is 4.86. The number of hydrogen-bond donors (Lipinski definition) is 2. The fraction of sp³-hybridized carbons (Fsp3) is 0.278. The normalized spacial score (nSPS) is 11.2. The van der Waals surface area contributed by atoms with Crippen molar-refractivity contribution >= 4 is 27.4 Å². The van der Waals surface area contributed by atoms with Crippen LogP contribution in [0.4, 0.5) is 11.4 Å². The molecule has 6 nitrogen and oxygen atoms in total. The van der Waals surface area contributed by atoms with E-state index in [0.717, 1.165) is 5.56 Å². The van der Waals surface area contributed by atoms with Crippen molar-refractivity contribution in [2.24, 2.45) is 0 Å². The van der Waals surface area contributed by atoms with Gasteiger partial charge in [0.15, 0.2) is 0 Å². The Morgan fingerprint density at radius 3 is 2.28 bits per heavy atom. The summed E-state index contributed by atoms with van der Waals surface area (Å²) < 4.78 is 32.9. The Balaban J connectivity index is 2.48. The summed E-state index contributed by atoms with van der Waals surface area (Å²) in [7, 11) is -2.64. The predicted octanol–water partition coefficient (Wildman–Crippen LogP) is 3.40. The van der Waals surface area contributed by atoms with Crippen LogP contribution in [0.1, 0.15) is 29.8 Å². The van der Waals surface area contributed by atoms with Gasteiger partial charge in [-0.3, -0.25) is 4.72 Å². The number of esters is 1. The molecule has 0 aliphatic heterocycles. The second kappa shape index (κ2) is 7.57. The lowest BCUT2D eigenvalue weighted by Crippen LogP contribution is -2.19. The zero-order valence-electron chi connectivity index (χ0n) is 14.7. The van der Waals surface area contributed by atoms with Gasteiger partial charge < -0.3 is 10.1 Å². The molecule has 0 heterocycles. The zero-order chi connectivity index (χ0) is 18.6. The first-order valence-corrected chi connectivity index (χ1v) is 9.29. The number of sulfonamides is 1. The maximum Gasteiger partial charge on any atom is 0.337 e. The van der Waals surface area contributed by atoms with E-state index in [0.29, 0.717) is 11.4 Å². The Labute approximate surface area is 148 Å². The van der Waals surface area contributed by atoms with E-state index in [1.165, 1.54) is 19.2 Å². The Morgan fingerprint density at radius 1 is 1.08 bits per heavy atom. The number of nitrogens with one attached hydrogen (secondary N) is 2. The summed E-state index contributed by atoms with van der Waals surface area (Å²) in [6.45, 7) is 5.72. The summed E-state index contributed by atoms with van der Waals surface area (Å²) in [6.07, 6.45) is 0. The third kappa shape index (κ3) is 4.73. The molecule has 0 fully saturated rings. The summed E-state index contributed by atoms with van der Waals surface area (Å²) in [5, 5.41) is 3.09. The van der Waals surface area contributed by atoms with Gasteiger partial charge in [-0.25, -0.2) is 13.2 Å². The van der Waals surface area contributed by atoms with Crippen LogP contribution in [-0.2, 0) is 14.8 Å². The molecule has 134 valence electrons. The van der Waals surface area contributed by atoms with Gasteiger partial charge in [0, 0.05) is 11.7 Å². The van der Waals surface area contributed by atoms with Crippen LogP contribution in [0.15, 0.2) is 47.4 Å². The molecule has 7 heteroatoms. The second-order valence-electron chi connectivity index (χ2n) is 5.97. The SMILES string of the molecule is COC(=O)c1ccc(NC(C)C)c(S(=O)(=O)Nc2ccc(C)cc2)c1. The number of carbonyl (C=O) groups is 1. The number of methoxy groups -OCH3 is 1. The minimum atomic E-state index is -3.89. The number of anilines is 2. The van der Waals surface area contributed by atoms with E-state index in [4.69, 9.17) is 0 Å². The fourth-order valence-electron chi connectivity index (χ4n) is 2.25. The van der Waals surface area contributed by atoms with Crippen molar-refractivity contribution in [3.8, 4) is 0 Å². The lowest BCUT2D eigenvalue weighted by atomic mass is 10.2. The van der Waals surface area contributed by atoms with Gasteiger partial charge in [0.2, 0.25) is 0 Å². The molecule has 0 atom stereocenters. The molecule has 0 aliphatic carbocycles. The third-order valence-electron chi connectivity index (χ3n) is 3.44. The molecule has 0 spiro atoms. The van der Waals surface area contributed by atoms with Crippen LogP contribution in [0.3, 0.4) is 0 Å². The molecule has 0 saturated carbocycles. The van der Waals surface area contributed by atoms with Gasteiger partial charge in [-0.15, -0.1) is 0 Å². The monoisotopic (exact) mass is 362 g/mol. The summed E-state index contributed by atoms with van der Waals surface area (Å²) in [6, 6.07) is 11.4. The van der Waals surface area contributed by atoms with Crippen molar-refractivity contribution in [1.82, 2.24) is 0 Å². The molecule has 0 radical (unpaired) electrons. The van der Waals surface area contributed by atoms with Crippen LogP contribution in [-0.4, -0.2) is 27.5 Å². The molecule has 0 amide bonds. The van der Waals surface area contributed by atoms with Crippen molar-refractivity contribution < 1.29 is 17.9 Å². The number of ether oxygens (including phenoxy) is 1. The van der Waals surface area contributed by atoms with Crippen LogP contribution in [0.2, 0.25) is 0 Å².